The van der Waals surface area contributed by atoms with Gasteiger partial charge in [0.25, 0.3) is 0 Å². The number of nitriles is 1. The number of halogens is 2. The number of hydrogen-bond acceptors (Lipinski definition) is 2. The second-order valence-corrected chi connectivity index (χ2v) is 4.22. The molecule has 2 N–H and O–H groups in total. The Hall–Kier alpha value is -0.750. The van der Waals surface area contributed by atoms with Crippen LogP contribution in [0.1, 0.15) is 11.1 Å². The first kappa shape index (κ1) is 12.3. The molecule has 0 aliphatic heterocycles. The molecule has 2 nitrogen and oxygen atoms in total. The van der Waals surface area contributed by atoms with Crippen molar-refractivity contribution in [3.05, 3.63) is 35.4 Å². The number of alkyl halides is 2. The molecule has 0 aliphatic rings. The lowest BCUT2D eigenvalue weighted by Gasteiger charge is -2.26. The van der Waals surface area contributed by atoms with Crippen molar-refractivity contribution in [1.82, 2.24) is 0 Å². The highest BCUT2D eigenvalue weighted by Gasteiger charge is 2.37. The Morgan fingerprint density at radius 3 is 2.33 bits per heavy atom. The highest BCUT2D eigenvalue weighted by Crippen LogP contribution is 2.30. The van der Waals surface area contributed by atoms with E-state index in [1.165, 1.54) is 0 Å². The van der Waals surface area contributed by atoms with E-state index in [0.717, 1.165) is 11.1 Å². The number of rotatable bonds is 3. The van der Waals surface area contributed by atoms with Crippen molar-refractivity contribution in [2.45, 2.75) is 17.8 Å². The molecule has 1 aromatic carbocycles. The minimum Gasteiger partial charge on any atom is -0.314 e. The zero-order valence-electron chi connectivity index (χ0n) is 8.37. The van der Waals surface area contributed by atoms with Gasteiger partial charge in [-0.3, -0.25) is 0 Å². The Labute approximate surface area is 99.6 Å². The van der Waals surface area contributed by atoms with Crippen molar-refractivity contribution < 1.29 is 0 Å². The van der Waals surface area contributed by atoms with Crippen LogP contribution in [0, 0.1) is 18.3 Å². The first-order chi connectivity index (χ1) is 7.06. The lowest BCUT2D eigenvalue weighted by molar-refractivity contribution is 0.586. The molecular formula is C11H12Cl2N2. The summed E-state index contributed by atoms with van der Waals surface area (Å²) in [6, 6.07) is 9.60. The van der Waals surface area contributed by atoms with Gasteiger partial charge in [0.1, 0.15) is 10.9 Å². The van der Waals surface area contributed by atoms with Gasteiger partial charge in [-0.15, -0.1) is 23.2 Å². The summed E-state index contributed by atoms with van der Waals surface area (Å²) in [5, 5.41) is 9.17. The van der Waals surface area contributed by atoms with Crippen molar-refractivity contribution >= 4 is 23.2 Å². The molecular weight excluding hydrogens is 231 g/mol. The molecule has 2 unspecified atom stereocenters. The van der Waals surface area contributed by atoms with E-state index in [9.17, 15) is 5.26 Å². The van der Waals surface area contributed by atoms with Crippen LogP contribution in [0.3, 0.4) is 0 Å². The average molecular weight is 243 g/mol. The third-order valence-electron chi connectivity index (χ3n) is 2.45. The molecule has 0 bridgehead atoms. The molecule has 0 saturated carbocycles. The van der Waals surface area contributed by atoms with Crippen LogP contribution < -0.4 is 5.73 Å². The third-order valence-corrected chi connectivity index (χ3v) is 3.24. The Morgan fingerprint density at radius 2 is 2.00 bits per heavy atom. The molecule has 0 fully saturated rings. The van der Waals surface area contributed by atoms with E-state index in [4.69, 9.17) is 28.9 Å². The minimum atomic E-state index is -1.02. The van der Waals surface area contributed by atoms with E-state index in [1.54, 1.807) is 0 Å². The molecule has 0 radical (unpaired) electrons. The first-order valence-corrected chi connectivity index (χ1v) is 5.48. The molecule has 0 amide bonds. The summed E-state index contributed by atoms with van der Waals surface area (Å²) in [6.07, 6.45) is 0. The lowest BCUT2D eigenvalue weighted by Crippen LogP contribution is -2.42. The van der Waals surface area contributed by atoms with Crippen LogP contribution >= 0.6 is 23.2 Å². The van der Waals surface area contributed by atoms with E-state index in [0.29, 0.717) is 0 Å². The fourth-order valence-electron chi connectivity index (χ4n) is 1.32. The van der Waals surface area contributed by atoms with Gasteiger partial charge in [0.05, 0.1) is 6.07 Å². The van der Waals surface area contributed by atoms with Crippen LogP contribution in [0.25, 0.3) is 0 Å². The van der Waals surface area contributed by atoms with E-state index in [-0.39, 0.29) is 5.88 Å². The first-order valence-electron chi connectivity index (χ1n) is 4.51. The molecule has 80 valence electrons. The van der Waals surface area contributed by atoms with Crippen LogP contribution in [0.15, 0.2) is 24.3 Å². The number of nitrogens with two attached hydrogens (primary N) is 1. The molecule has 0 spiro atoms. The van der Waals surface area contributed by atoms with Crippen molar-refractivity contribution in [1.29, 1.82) is 5.26 Å². The minimum absolute atomic E-state index is 0.0806. The zero-order chi connectivity index (χ0) is 11.5. The summed E-state index contributed by atoms with van der Waals surface area (Å²) >= 11 is 11.7. The van der Waals surface area contributed by atoms with Gasteiger partial charge >= 0.3 is 0 Å². The van der Waals surface area contributed by atoms with E-state index in [1.807, 2.05) is 31.2 Å². The second-order valence-electron chi connectivity index (χ2n) is 3.48. The fourth-order valence-corrected chi connectivity index (χ4v) is 2.03. The molecule has 1 rings (SSSR count). The topological polar surface area (TPSA) is 49.8 Å². The number of hydrogen-bond donors (Lipinski definition) is 1. The predicted octanol–water partition coefficient (Wildman–Crippen LogP) is 2.52. The fraction of sp³-hybridized carbons (Fsp3) is 0.364. The summed E-state index contributed by atoms with van der Waals surface area (Å²) in [6.45, 7) is 1.97. The highest BCUT2D eigenvalue weighted by molar-refractivity contribution is 6.24. The summed E-state index contributed by atoms with van der Waals surface area (Å²) < 4.78 is 0. The number of nitrogens with zero attached hydrogens (tertiary/aromatic N) is 1. The SMILES string of the molecule is Cc1ccc(C(C#N)(CCl)C(N)Cl)cc1. The van der Waals surface area contributed by atoms with Gasteiger partial charge in [0, 0.05) is 5.88 Å². The van der Waals surface area contributed by atoms with Crippen LogP contribution in [-0.2, 0) is 5.41 Å². The summed E-state index contributed by atoms with van der Waals surface area (Å²) in [4.78, 5) is 0. The van der Waals surface area contributed by atoms with Crippen LogP contribution in [0.4, 0.5) is 0 Å². The zero-order valence-corrected chi connectivity index (χ0v) is 9.89. The Bertz CT molecular complexity index is 367. The summed E-state index contributed by atoms with van der Waals surface area (Å²) in [5.74, 6) is 0.0806. The Balaban J connectivity index is 3.22. The van der Waals surface area contributed by atoms with Gasteiger partial charge in [-0.1, -0.05) is 29.8 Å². The van der Waals surface area contributed by atoms with Crippen molar-refractivity contribution in [2.75, 3.05) is 5.88 Å². The van der Waals surface area contributed by atoms with Gasteiger partial charge in [-0.05, 0) is 12.5 Å². The van der Waals surface area contributed by atoms with Crippen LogP contribution in [0.2, 0.25) is 0 Å². The third kappa shape index (κ3) is 2.26. The molecule has 15 heavy (non-hydrogen) atoms. The average Bonchev–Trinajstić information content (AvgIpc) is 2.22. The molecule has 1 aromatic rings. The van der Waals surface area contributed by atoms with Crippen LogP contribution in [0.5, 0.6) is 0 Å². The molecule has 0 saturated heterocycles. The maximum absolute atomic E-state index is 9.17. The van der Waals surface area contributed by atoms with Crippen molar-refractivity contribution in [3.8, 4) is 6.07 Å². The number of aryl methyl sites for hydroxylation is 1. The highest BCUT2D eigenvalue weighted by atomic mass is 35.5. The normalized spacial score (nSPS) is 16.5. The molecule has 0 aromatic heterocycles. The van der Waals surface area contributed by atoms with Gasteiger partial charge in [-0.25, -0.2) is 0 Å². The molecule has 2 atom stereocenters. The summed E-state index contributed by atoms with van der Waals surface area (Å²) in [5.41, 5.74) is 5.66. The van der Waals surface area contributed by atoms with E-state index in [2.05, 4.69) is 6.07 Å². The van der Waals surface area contributed by atoms with E-state index < -0.39 is 10.9 Å². The van der Waals surface area contributed by atoms with Gasteiger partial charge < -0.3 is 5.73 Å². The smallest absolute Gasteiger partial charge is 0.125 e. The van der Waals surface area contributed by atoms with Crippen molar-refractivity contribution in [2.24, 2.45) is 5.73 Å². The summed E-state index contributed by atoms with van der Waals surface area (Å²) in [7, 11) is 0. The van der Waals surface area contributed by atoms with Crippen molar-refractivity contribution in [3.63, 3.8) is 0 Å². The maximum atomic E-state index is 9.17. The number of benzene rings is 1. The maximum Gasteiger partial charge on any atom is 0.125 e. The monoisotopic (exact) mass is 242 g/mol. The lowest BCUT2D eigenvalue weighted by atomic mass is 9.83. The van der Waals surface area contributed by atoms with Gasteiger partial charge in [0.15, 0.2) is 0 Å². The molecule has 4 heteroatoms. The molecule has 0 aliphatic carbocycles. The quantitative estimate of drug-likeness (QED) is 0.655. The van der Waals surface area contributed by atoms with Gasteiger partial charge in [0.2, 0.25) is 0 Å². The Morgan fingerprint density at radius 1 is 1.47 bits per heavy atom. The standard InChI is InChI=1S/C11H12Cl2N2/c1-8-2-4-9(5-3-8)11(6-12,7-14)10(13)15/h2-5,10H,6,15H2,1H3. The van der Waals surface area contributed by atoms with Gasteiger partial charge in [-0.2, -0.15) is 5.26 Å². The van der Waals surface area contributed by atoms with Crippen LogP contribution in [-0.4, -0.2) is 11.4 Å². The largest absolute Gasteiger partial charge is 0.314 e. The predicted molar refractivity (Wildman–Crippen MR) is 63.0 cm³/mol. The second kappa shape index (κ2) is 4.85. The van der Waals surface area contributed by atoms with E-state index >= 15 is 0 Å². The Kier molecular flexibility index (Phi) is 3.98. The molecule has 0 heterocycles.